The van der Waals surface area contributed by atoms with E-state index in [0.29, 0.717) is 0 Å². The molecular weight excluding hydrogens is 212 g/mol. The van der Waals surface area contributed by atoms with Crippen LogP contribution in [-0.2, 0) is 11.8 Å². The summed E-state index contributed by atoms with van der Waals surface area (Å²) in [6.07, 6.45) is 2.93. The molecule has 0 aliphatic heterocycles. The summed E-state index contributed by atoms with van der Waals surface area (Å²) in [4.78, 5) is 0. The van der Waals surface area contributed by atoms with E-state index in [1.54, 1.807) is 7.11 Å². The Morgan fingerprint density at radius 1 is 1.18 bits per heavy atom. The Kier molecular flexibility index (Phi) is 5.01. The van der Waals surface area contributed by atoms with E-state index in [4.69, 9.17) is 9.84 Å². The summed E-state index contributed by atoms with van der Waals surface area (Å²) in [5.74, 6) is 0.961. The molecule has 0 amide bonds. The predicted molar refractivity (Wildman–Crippen MR) is 71.7 cm³/mol. The molecule has 17 heavy (non-hydrogen) atoms. The second kappa shape index (κ2) is 6.06. The minimum Gasteiger partial charge on any atom is -0.496 e. The Bertz CT molecular complexity index is 350. The van der Waals surface area contributed by atoms with Gasteiger partial charge in [0.25, 0.3) is 0 Å². The molecule has 0 radical (unpaired) electrons. The topological polar surface area (TPSA) is 29.5 Å². The standard InChI is InChI=1S/C15H24O2/c1-15(2,3)13-11-12(7-5-6-10-16)8-9-14(13)17-4/h8-9,11,16H,5-7,10H2,1-4H3. The quantitative estimate of drug-likeness (QED) is 0.795. The highest BCUT2D eigenvalue weighted by atomic mass is 16.5. The Labute approximate surface area is 105 Å². The van der Waals surface area contributed by atoms with Gasteiger partial charge in [0.15, 0.2) is 0 Å². The van der Waals surface area contributed by atoms with Crippen LogP contribution < -0.4 is 4.74 Å². The maximum Gasteiger partial charge on any atom is 0.122 e. The van der Waals surface area contributed by atoms with Gasteiger partial charge in [-0.05, 0) is 41.9 Å². The molecule has 0 aliphatic carbocycles. The lowest BCUT2D eigenvalue weighted by Gasteiger charge is -2.23. The minimum atomic E-state index is 0.0956. The van der Waals surface area contributed by atoms with E-state index in [-0.39, 0.29) is 12.0 Å². The third kappa shape index (κ3) is 4.04. The summed E-state index contributed by atoms with van der Waals surface area (Å²) in [6.45, 7) is 6.87. The van der Waals surface area contributed by atoms with Gasteiger partial charge in [0, 0.05) is 6.61 Å². The Morgan fingerprint density at radius 3 is 2.41 bits per heavy atom. The zero-order valence-corrected chi connectivity index (χ0v) is 11.4. The number of benzene rings is 1. The molecule has 0 heterocycles. The van der Waals surface area contributed by atoms with Crippen molar-refractivity contribution >= 4 is 0 Å². The van der Waals surface area contributed by atoms with Crippen molar-refractivity contribution in [2.45, 2.75) is 45.4 Å². The van der Waals surface area contributed by atoms with Crippen LogP contribution in [-0.4, -0.2) is 18.8 Å². The zero-order valence-electron chi connectivity index (χ0n) is 11.4. The average molecular weight is 236 g/mol. The van der Waals surface area contributed by atoms with E-state index in [1.165, 1.54) is 11.1 Å². The molecule has 0 aliphatic rings. The maximum atomic E-state index is 8.79. The average Bonchev–Trinajstić information content (AvgIpc) is 2.28. The first-order valence-electron chi connectivity index (χ1n) is 6.27. The van der Waals surface area contributed by atoms with Crippen molar-refractivity contribution in [2.24, 2.45) is 0 Å². The highest BCUT2D eigenvalue weighted by Gasteiger charge is 2.18. The van der Waals surface area contributed by atoms with Crippen molar-refractivity contribution in [1.29, 1.82) is 0 Å². The minimum absolute atomic E-state index is 0.0956. The third-order valence-corrected chi connectivity index (χ3v) is 2.95. The van der Waals surface area contributed by atoms with Crippen molar-refractivity contribution in [3.63, 3.8) is 0 Å². The lowest BCUT2D eigenvalue weighted by Crippen LogP contribution is -2.13. The number of methoxy groups -OCH3 is 1. The summed E-state index contributed by atoms with van der Waals surface area (Å²) in [6, 6.07) is 6.40. The van der Waals surface area contributed by atoms with Crippen molar-refractivity contribution in [1.82, 2.24) is 0 Å². The summed E-state index contributed by atoms with van der Waals surface area (Å²) < 4.78 is 5.41. The molecule has 0 bridgehead atoms. The van der Waals surface area contributed by atoms with Crippen LogP contribution in [0, 0.1) is 0 Å². The molecule has 1 N–H and O–H groups in total. The van der Waals surface area contributed by atoms with E-state index < -0.39 is 0 Å². The second-order valence-corrected chi connectivity index (χ2v) is 5.47. The zero-order chi connectivity index (χ0) is 12.9. The van der Waals surface area contributed by atoms with E-state index in [0.717, 1.165) is 25.0 Å². The van der Waals surface area contributed by atoms with E-state index in [2.05, 4.69) is 39.0 Å². The highest BCUT2D eigenvalue weighted by Crippen LogP contribution is 2.32. The number of aliphatic hydroxyl groups is 1. The van der Waals surface area contributed by atoms with Crippen LogP contribution in [0.4, 0.5) is 0 Å². The summed E-state index contributed by atoms with van der Waals surface area (Å²) in [5, 5.41) is 8.79. The molecule has 0 saturated heterocycles. The summed E-state index contributed by atoms with van der Waals surface area (Å²) in [7, 11) is 1.72. The molecule has 1 aromatic rings. The number of aryl methyl sites for hydroxylation is 1. The first-order valence-corrected chi connectivity index (χ1v) is 6.27. The molecule has 0 fully saturated rings. The Morgan fingerprint density at radius 2 is 1.88 bits per heavy atom. The van der Waals surface area contributed by atoms with Gasteiger partial charge in [-0.25, -0.2) is 0 Å². The van der Waals surface area contributed by atoms with Crippen LogP contribution >= 0.6 is 0 Å². The fraction of sp³-hybridized carbons (Fsp3) is 0.600. The first-order chi connectivity index (χ1) is 7.99. The Hall–Kier alpha value is -1.02. The van der Waals surface area contributed by atoms with Gasteiger partial charge in [0.1, 0.15) is 5.75 Å². The van der Waals surface area contributed by atoms with Crippen molar-refractivity contribution < 1.29 is 9.84 Å². The molecule has 96 valence electrons. The van der Waals surface area contributed by atoms with Gasteiger partial charge in [-0.15, -0.1) is 0 Å². The van der Waals surface area contributed by atoms with Crippen LogP contribution in [0.1, 0.15) is 44.7 Å². The summed E-state index contributed by atoms with van der Waals surface area (Å²) in [5.41, 5.74) is 2.67. The highest BCUT2D eigenvalue weighted by molar-refractivity contribution is 5.41. The normalized spacial score (nSPS) is 11.6. The smallest absolute Gasteiger partial charge is 0.122 e. The van der Waals surface area contributed by atoms with Gasteiger partial charge < -0.3 is 9.84 Å². The first kappa shape index (κ1) is 14.0. The van der Waals surface area contributed by atoms with Gasteiger partial charge in [-0.2, -0.15) is 0 Å². The van der Waals surface area contributed by atoms with E-state index in [9.17, 15) is 0 Å². The molecular formula is C15H24O2. The predicted octanol–water partition coefficient (Wildman–Crippen LogP) is 3.31. The Balaban J connectivity index is 2.89. The number of unbranched alkanes of at least 4 members (excludes halogenated alkanes) is 1. The molecule has 1 rings (SSSR count). The van der Waals surface area contributed by atoms with Gasteiger partial charge in [0.05, 0.1) is 7.11 Å². The number of aliphatic hydroxyl groups excluding tert-OH is 1. The molecule has 0 unspecified atom stereocenters. The number of hydrogen-bond acceptors (Lipinski definition) is 2. The molecule has 0 saturated carbocycles. The van der Waals surface area contributed by atoms with Crippen LogP contribution in [0.15, 0.2) is 18.2 Å². The fourth-order valence-electron chi connectivity index (χ4n) is 1.94. The van der Waals surface area contributed by atoms with Gasteiger partial charge in [0.2, 0.25) is 0 Å². The molecule has 0 aromatic heterocycles. The lowest BCUT2D eigenvalue weighted by molar-refractivity contribution is 0.284. The number of rotatable bonds is 5. The largest absolute Gasteiger partial charge is 0.496 e. The van der Waals surface area contributed by atoms with Gasteiger partial charge in [-0.1, -0.05) is 32.9 Å². The van der Waals surface area contributed by atoms with Crippen molar-refractivity contribution in [3.05, 3.63) is 29.3 Å². The molecule has 1 aromatic carbocycles. The maximum absolute atomic E-state index is 8.79. The van der Waals surface area contributed by atoms with Crippen LogP contribution in [0.5, 0.6) is 5.75 Å². The lowest BCUT2D eigenvalue weighted by atomic mass is 9.85. The second-order valence-electron chi connectivity index (χ2n) is 5.47. The molecule has 0 atom stereocenters. The molecule has 2 heteroatoms. The fourth-order valence-corrected chi connectivity index (χ4v) is 1.94. The van der Waals surface area contributed by atoms with Crippen molar-refractivity contribution in [2.75, 3.05) is 13.7 Å². The van der Waals surface area contributed by atoms with Crippen LogP contribution in [0.2, 0.25) is 0 Å². The van der Waals surface area contributed by atoms with Gasteiger partial charge in [-0.3, -0.25) is 0 Å². The third-order valence-electron chi connectivity index (χ3n) is 2.95. The van der Waals surface area contributed by atoms with Gasteiger partial charge >= 0.3 is 0 Å². The molecule has 2 nitrogen and oxygen atoms in total. The number of ether oxygens (including phenoxy) is 1. The molecule has 0 spiro atoms. The monoisotopic (exact) mass is 236 g/mol. The summed E-state index contributed by atoms with van der Waals surface area (Å²) >= 11 is 0. The van der Waals surface area contributed by atoms with Crippen LogP contribution in [0.3, 0.4) is 0 Å². The SMILES string of the molecule is COc1ccc(CCCCO)cc1C(C)(C)C. The van der Waals surface area contributed by atoms with Crippen LogP contribution in [0.25, 0.3) is 0 Å². The number of hydrogen-bond donors (Lipinski definition) is 1. The van der Waals surface area contributed by atoms with E-state index >= 15 is 0 Å². The van der Waals surface area contributed by atoms with E-state index in [1.807, 2.05) is 0 Å². The van der Waals surface area contributed by atoms with Crippen molar-refractivity contribution in [3.8, 4) is 5.75 Å².